The number of amides is 1. The van der Waals surface area contributed by atoms with Crippen LogP contribution in [-0.2, 0) is 29.8 Å². The standard InChI is InChI=1S/C33H34F8N2O5S/c1-2-16-42-19-25-30(49(47,48)22-6-4-21(34)5-7-22,23-8-3-20(18-24(23)42)31(35,32(36,37)38)33(39,40)41)15-17-43(25)26(44)28-9-12-29(13-10-28,14-11-28)27(45)46/h3-8,18,25H,2,9-17,19H2,1H3,(H,45,46). The number of halogens is 8. The summed E-state index contributed by atoms with van der Waals surface area (Å²) in [6.07, 6.45) is -11.3. The lowest BCUT2D eigenvalue weighted by molar-refractivity contribution is -0.348. The van der Waals surface area contributed by atoms with Crippen molar-refractivity contribution in [2.45, 2.75) is 92.0 Å². The quantitative estimate of drug-likeness (QED) is 0.244. The Hall–Kier alpha value is -3.43. The van der Waals surface area contributed by atoms with Gasteiger partial charge in [0.15, 0.2) is 9.84 Å². The lowest BCUT2D eigenvalue weighted by Gasteiger charge is -2.53. The summed E-state index contributed by atoms with van der Waals surface area (Å²) >= 11 is 0. The van der Waals surface area contributed by atoms with E-state index in [9.17, 15) is 53.8 Å². The second-order valence-electron chi connectivity index (χ2n) is 13.8. The zero-order valence-corrected chi connectivity index (χ0v) is 27.1. The number of carboxylic acids is 1. The number of anilines is 1. The number of benzene rings is 2. The number of rotatable bonds is 7. The van der Waals surface area contributed by atoms with Gasteiger partial charge in [0.2, 0.25) is 5.91 Å². The topological polar surface area (TPSA) is 95.0 Å². The maximum absolute atomic E-state index is 15.3. The van der Waals surface area contributed by atoms with Crippen molar-refractivity contribution in [3.8, 4) is 0 Å². The van der Waals surface area contributed by atoms with Crippen LogP contribution in [0.1, 0.15) is 69.4 Å². The van der Waals surface area contributed by atoms with Crippen molar-refractivity contribution in [1.82, 2.24) is 4.90 Å². The van der Waals surface area contributed by atoms with Gasteiger partial charge in [-0.1, -0.05) is 19.1 Å². The number of hydrogen-bond donors (Lipinski definition) is 1. The van der Waals surface area contributed by atoms with Crippen LogP contribution in [0.25, 0.3) is 0 Å². The van der Waals surface area contributed by atoms with Gasteiger partial charge in [-0.15, -0.1) is 0 Å². The largest absolute Gasteiger partial charge is 0.481 e. The Labute approximate surface area is 277 Å². The van der Waals surface area contributed by atoms with Crippen LogP contribution in [0.4, 0.5) is 40.8 Å². The Balaban J connectivity index is 1.53. The highest BCUT2D eigenvalue weighted by atomic mass is 32.2. The molecule has 2 atom stereocenters. The third-order valence-corrected chi connectivity index (χ3v) is 14.1. The van der Waals surface area contributed by atoms with Crippen molar-refractivity contribution in [3.63, 3.8) is 0 Å². The first-order valence-corrected chi connectivity index (χ1v) is 17.5. The van der Waals surface area contributed by atoms with E-state index in [2.05, 4.69) is 0 Å². The first-order valence-electron chi connectivity index (χ1n) is 16.0. The van der Waals surface area contributed by atoms with Crippen molar-refractivity contribution in [3.05, 3.63) is 59.4 Å². The zero-order valence-electron chi connectivity index (χ0n) is 26.3. The molecule has 2 unspecified atom stereocenters. The molecule has 16 heteroatoms. The molecule has 3 saturated carbocycles. The normalized spacial score (nSPS) is 28.7. The third kappa shape index (κ3) is 4.89. The summed E-state index contributed by atoms with van der Waals surface area (Å²) in [5.41, 5.74) is -9.99. The highest BCUT2D eigenvalue weighted by molar-refractivity contribution is 7.92. The summed E-state index contributed by atoms with van der Waals surface area (Å²) in [4.78, 5) is 29.0. The third-order valence-electron chi connectivity index (χ3n) is 11.5. The van der Waals surface area contributed by atoms with E-state index >= 15 is 4.39 Å². The van der Waals surface area contributed by atoms with Crippen molar-refractivity contribution >= 4 is 27.4 Å². The lowest BCUT2D eigenvalue weighted by Crippen LogP contribution is -2.61. The summed E-state index contributed by atoms with van der Waals surface area (Å²) in [6, 6.07) is 4.08. The molecular weight excluding hydrogens is 688 g/mol. The second-order valence-corrected chi connectivity index (χ2v) is 16.0. The van der Waals surface area contributed by atoms with Gasteiger partial charge < -0.3 is 14.9 Å². The fourth-order valence-corrected chi connectivity index (χ4v) is 11.0. The maximum Gasteiger partial charge on any atom is 0.435 e. The van der Waals surface area contributed by atoms with Crippen LogP contribution in [0.3, 0.4) is 0 Å². The van der Waals surface area contributed by atoms with E-state index in [4.69, 9.17) is 0 Å². The predicted molar refractivity (Wildman–Crippen MR) is 159 cm³/mol. The van der Waals surface area contributed by atoms with Crippen LogP contribution in [0, 0.1) is 16.6 Å². The van der Waals surface area contributed by atoms with Crippen LogP contribution in [0.5, 0.6) is 0 Å². The lowest BCUT2D eigenvalue weighted by atomic mass is 9.53. The first-order chi connectivity index (χ1) is 22.7. The van der Waals surface area contributed by atoms with Gasteiger partial charge in [0.05, 0.1) is 16.4 Å². The Kier molecular flexibility index (Phi) is 8.16. The molecule has 2 bridgehead atoms. The highest BCUT2D eigenvalue weighted by Crippen LogP contribution is 2.61. The van der Waals surface area contributed by atoms with E-state index in [-0.39, 0.29) is 86.6 Å². The summed E-state index contributed by atoms with van der Waals surface area (Å²) in [5, 5.41) is 9.84. The van der Waals surface area contributed by atoms with E-state index in [0.717, 1.165) is 30.3 Å². The molecule has 0 spiro atoms. The average molecular weight is 723 g/mol. The number of aliphatic carboxylic acids is 1. The molecule has 7 rings (SSSR count). The number of carbonyl (C=O) groups is 2. The van der Waals surface area contributed by atoms with Gasteiger partial charge in [0.25, 0.3) is 0 Å². The Bertz CT molecular complexity index is 1740. The molecule has 2 aromatic rings. The minimum atomic E-state index is -6.40. The van der Waals surface area contributed by atoms with Crippen molar-refractivity contribution in [2.75, 3.05) is 24.5 Å². The van der Waals surface area contributed by atoms with Gasteiger partial charge in [0.1, 0.15) is 10.6 Å². The van der Waals surface area contributed by atoms with Gasteiger partial charge in [-0.05, 0) is 87.3 Å². The molecule has 2 heterocycles. The molecule has 0 radical (unpaired) electrons. The molecule has 49 heavy (non-hydrogen) atoms. The molecule has 0 aromatic heterocycles. The molecule has 2 aliphatic heterocycles. The van der Waals surface area contributed by atoms with Gasteiger partial charge in [-0.25, -0.2) is 17.2 Å². The Morgan fingerprint density at radius 1 is 0.857 bits per heavy atom. The monoisotopic (exact) mass is 722 g/mol. The zero-order chi connectivity index (χ0) is 36.0. The summed E-state index contributed by atoms with van der Waals surface area (Å²) in [5.74, 6) is -2.09. The molecule has 1 N–H and O–H groups in total. The van der Waals surface area contributed by atoms with Crippen LogP contribution >= 0.6 is 0 Å². The van der Waals surface area contributed by atoms with Crippen LogP contribution < -0.4 is 4.90 Å². The molecule has 3 aliphatic carbocycles. The van der Waals surface area contributed by atoms with Crippen molar-refractivity contribution in [2.24, 2.45) is 10.8 Å². The number of hydrogen-bond acceptors (Lipinski definition) is 5. The van der Waals surface area contributed by atoms with Crippen LogP contribution in [-0.4, -0.2) is 68.3 Å². The molecular formula is C33H34F8N2O5S. The number of alkyl halides is 7. The second kappa shape index (κ2) is 11.3. The number of nitrogens with zero attached hydrogens (tertiary/aromatic N) is 2. The number of sulfone groups is 1. The molecule has 2 aromatic carbocycles. The van der Waals surface area contributed by atoms with E-state index in [1.807, 2.05) is 0 Å². The van der Waals surface area contributed by atoms with E-state index in [1.165, 1.54) is 9.80 Å². The van der Waals surface area contributed by atoms with Crippen molar-refractivity contribution < 1.29 is 58.2 Å². The molecule has 1 amide bonds. The number of carboxylic acid groups (broad SMARTS) is 1. The Morgan fingerprint density at radius 2 is 1.41 bits per heavy atom. The van der Waals surface area contributed by atoms with E-state index < -0.39 is 66.8 Å². The van der Waals surface area contributed by atoms with Gasteiger partial charge in [-0.3, -0.25) is 9.59 Å². The van der Waals surface area contributed by atoms with Gasteiger partial charge in [0, 0.05) is 36.3 Å². The SMILES string of the molecule is CCCN1CC2N(C(=O)C34CCC(C(=O)O)(CC3)CC4)CCC2(S(=O)(=O)c2ccc(F)cc2)c2ccc(C(F)(C(F)(F)F)C(F)(F)F)cc21. The fourth-order valence-electron chi connectivity index (χ4n) is 8.72. The first kappa shape index (κ1) is 35.4. The highest BCUT2D eigenvalue weighted by Gasteiger charge is 2.74. The van der Waals surface area contributed by atoms with Gasteiger partial charge in [-0.2, -0.15) is 26.3 Å². The summed E-state index contributed by atoms with van der Waals surface area (Å²) in [6.45, 7) is 1.24. The fraction of sp³-hybridized carbons (Fsp3) is 0.576. The number of carbonyl (C=O) groups excluding carboxylic acids is 1. The van der Waals surface area contributed by atoms with Crippen LogP contribution in [0.15, 0.2) is 47.4 Å². The molecule has 4 fully saturated rings. The number of likely N-dealkylation sites (tertiary alicyclic amines) is 1. The number of fused-ring (bicyclic) bond motifs is 6. The molecule has 7 nitrogen and oxygen atoms in total. The predicted octanol–water partition coefficient (Wildman–Crippen LogP) is 7.04. The van der Waals surface area contributed by atoms with Gasteiger partial charge >= 0.3 is 24.0 Å². The maximum atomic E-state index is 15.3. The van der Waals surface area contributed by atoms with Crippen LogP contribution in [0.2, 0.25) is 0 Å². The summed E-state index contributed by atoms with van der Waals surface area (Å²) < 4.78 is 140. The molecule has 5 aliphatic rings. The smallest absolute Gasteiger partial charge is 0.435 e. The summed E-state index contributed by atoms with van der Waals surface area (Å²) in [7, 11) is -4.67. The van der Waals surface area contributed by atoms with E-state index in [1.54, 1.807) is 6.92 Å². The minimum Gasteiger partial charge on any atom is -0.481 e. The Morgan fingerprint density at radius 3 is 1.92 bits per heavy atom. The van der Waals surface area contributed by atoms with Crippen molar-refractivity contribution in [1.29, 1.82) is 0 Å². The molecule has 1 saturated heterocycles. The minimum absolute atomic E-state index is 0.0191. The average Bonchev–Trinajstić information content (AvgIpc) is 3.45. The van der Waals surface area contributed by atoms with E-state index in [0.29, 0.717) is 18.6 Å². The molecule has 268 valence electrons.